The topological polar surface area (TPSA) is 77.1 Å². The van der Waals surface area contributed by atoms with Crippen molar-refractivity contribution in [3.8, 4) is 0 Å². The van der Waals surface area contributed by atoms with Gasteiger partial charge in [-0.3, -0.25) is 9.69 Å². The molecule has 7 nitrogen and oxygen atoms in total. The van der Waals surface area contributed by atoms with Crippen molar-refractivity contribution < 1.29 is 32.9 Å². The molecule has 9 heteroatoms. The van der Waals surface area contributed by atoms with Crippen LogP contribution in [0, 0.1) is 11.6 Å². The van der Waals surface area contributed by atoms with Crippen LogP contribution >= 0.6 is 0 Å². The van der Waals surface area contributed by atoms with E-state index in [-0.39, 0.29) is 19.3 Å². The van der Waals surface area contributed by atoms with Crippen molar-refractivity contribution >= 4 is 23.1 Å². The highest BCUT2D eigenvalue weighted by Crippen LogP contribution is 2.30. The van der Waals surface area contributed by atoms with Gasteiger partial charge in [-0.25, -0.2) is 23.4 Å². The van der Waals surface area contributed by atoms with E-state index in [4.69, 9.17) is 9.62 Å². The zero-order valence-corrected chi connectivity index (χ0v) is 18.5. The van der Waals surface area contributed by atoms with Crippen LogP contribution in [0.25, 0.3) is 5.57 Å². The summed E-state index contributed by atoms with van der Waals surface area (Å²) < 4.78 is 33.0. The number of hydrogen-bond donors (Lipinski definition) is 1. The third-order valence-corrected chi connectivity index (χ3v) is 5.28. The Balaban J connectivity index is 1.81. The van der Waals surface area contributed by atoms with Crippen LogP contribution < -0.4 is 5.32 Å². The molecule has 1 N–H and O–H groups in total. The Morgan fingerprint density at radius 2 is 1.70 bits per heavy atom. The number of esters is 1. The van der Waals surface area contributed by atoms with Gasteiger partial charge in [0.05, 0.1) is 13.7 Å². The number of benzene rings is 2. The van der Waals surface area contributed by atoms with Crippen LogP contribution in [0.5, 0.6) is 0 Å². The van der Waals surface area contributed by atoms with Crippen molar-refractivity contribution in [3.63, 3.8) is 0 Å². The average Bonchev–Trinajstić information content (AvgIpc) is 3.01. The molecule has 3 rings (SSSR count). The Hall–Kier alpha value is -3.14. The third-order valence-electron chi connectivity index (χ3n) is 5.28. The van der Waals surface area contributed by atoms with Crippen LogP contribution in [0.2, 0.25) is 0 Å². The number of nitrogens with zero attached hydrogens (tertiary/aromatic N) is 1. The highest BCUT2D eigenvalue weighted by atomic mass is 19.1. The van der Waals surface area contributed by atoms with Crippen molar-refractivity contribution in [2.24, 2.45) is 0 Å². The molecular formula is C24H26F2N2O5. The number of carbonyl (C=O) groups is 2. The molecule has 33 heavy (non-hydrogen) atoms. The predicted octanol–water partition coefficient (Wildman–Crippen LogP) is 4.17. The molecule has 0 aromatic heterocycles. The van der Waals surface area contributed by atoms with E-state index in [1.54, 1.807) is 31.2 Å². The van der Waals surface area contributed by atoms with Gasteiger partial charge in [0.2, 0.25) is 0 Å². The number of hydrogen-bond acceptors (Lipinski definition) is 6. The SMILES string of the molecule is CCOC(=O)C1=C(c2ccc(NC(=O)c3c(F)cccc3F)cc2)CCN(COOC)CC1. The summed E-state index contributed by atoms with van der Waals surface area (Å²) in [5, 5.41) is 2.50. The first kappa shape index (κ1) is 24.5. The van der Waals surface area contributed by atoms with Crippen molar-refractivity contribution in [3.05, 3.63) is 70.8 Å². The van der Waals surface area contributed by atoms with E-state index in [9.17, 15) is 18.4 Å². The van der Waals surface area contributed by atoms with Gasteiger partial charge >= 0.3 is 5.97 Å². The molecule has 176 valence electrons. The maximum atomic E-state index is 13.9. The zero-order chi connectivity index (χ0) is 23.8. The molecule has 0 atom stereocenters. The van der Waals surface area contributed by atoms with E-state index < -0.39 is 23.1 Å². The minimum Gasteiger partial charge on any atom is -0.463 e. The standard InChI is InChI=1S/C24H26F2N2O5/c1-3-32-24(30)19-12-14-28(15-33-31-2)13-11-18(19)16-7-9-17(10-8-16)27-23(29)22-20(25)5-4-6-21(22)26/h4-10H,3,11-15H2,1-2H3,(H,27,29). The lowest BCUT2D eigenvalue weighted by Gasteiger charge is -2.18. The first-order chi connectivity index (χ1) is 15.9. The lowest BCUT2D eigenvalue weighted by molar-refractivity contribution is -0.295. The van der Waals surface area contributed by atoms with Gasteiger partial charge < -0.3 is 10.1 Å². The van der Waals surface area contributed by atoms with Crippen molar-refractivity contribution in [1.82, 2.24) is 4.90 Å². The highest BCUT2D eigenvalue weighted by molar-refractivity contribution is 6.04. The van der Waals surface area contributed by atoms with Gasteiger partial charge in [0.15, 0.2) is 0 Å². The summed E-state index contributed by atoms with van der Waals surface area (Å²) in [5.41, 5.74) is 1.94. The molecule has 0 saturated carbocycles. The molecule has 0 fully saturated rings. The quantitative estimate of drug-likeness (QED) is 0.362. The fourth-order valence-electron chi connectivity index (χ4n) is 3.63. The van der Waals surface area contributed by atoms with Crippen LogP contribution in [0.3, 0.4) is 0 Å². The monoisotopic (exact) mass is 460 g/mol. The number of anilines is 1. The van der Waals surface area contributed by atoms with E-state index in [0.717, 1.165) is 23.3 Å². The third kappa shape index (κ3) is 6.22. The normalized spacial score (nSPS) is 14.7. The predicted molar refractivity (Wildman–Crippen MR) is 118 cm³/mol. The molecule has 1 aliphatic heterocycles. The first-order valence-corrected chi connectivity index (χ1v) is 10.6. The summed E-state index contributed by atoms with van der Waals surface area (Å²) in [4.78, 5) is 36.7. The molecule has 0 aliphatic carbocycles. The van der Waals surface area contributed by atoms with Crippen LogP contribution in [-0.4, -0.2) is 50.3 Å². The van der Waals surface area contributed by atoms with Gasteiger partial charge in [0.1, 0.15) is 23.9 Å². The Morgan fingerprint density at radius 1 is 1.03 bits per heavy atom. The number of ether oxygens (including phenoxy) is 1. The van der Waals surface area contributed by atoms with Crippen molar-refractivity contribution in [2.75, 3.05) is 38.9 Å². The molecule has 1 aliphatic rings. The summed E-state index contributed by atoms with van der Waals surface area (Å²) in [6, 6.07) is 10.00. The molecule has 0 spiro atoms. The maximum Gasteiger partial charge on any atom is 0.334 e. The number of rotatable bonds is 8. The molecule has 1 heterocycles. The molecule has 0 unspecified atom stereocenters. The highest BCUT2D eigenvalue weighted by Gasteiger charge is 2.23. The molecule has 0 saturated heterocycles. The van der Waals surface area contributed by atoms with Gasteiger partial charge in [-0.05, 0) is 55.2 Å². The number of halogens is 2. The molecule has 0 radical (unpaired) electrons. The van der Waals surface area contributed by atoms with Crippen LogP contribution in [0.1, 0.15) is 35.7 Å². The van der Waals surface area contributed by atoms with Crippen LogP contribution in [0.4, 0.5) is 14.5 Å². The van der Waals surface area contributed by atoms with Crippen molar-refractivity contribution in [1.29, 1.82) is 0 Å². The smallest absolute Gasteiger partial charge is 0.334 e. The Labute approximate surface area is 190 Å². The summed E-state index contributed by atoms with van der Waals surface area (Å²) in [5.74, 6) is -3.12. The molecule has 1 amide bonds. The van der Waals surface area contributed by atoms with E-state index in [1.165, 1.54) is 13.2 Å². The van der Waals surface area contributed by atoms with E-state index in [0.29, 0.717) is 37.2 Å². The first-order valence-electron chi connectivity index (χ1n) is 10.6. The van der Waals surface area contributed by atoms with E-state index >= 15 is 0 Å². The second-order valence-electron chi connectivity index (χ2n) is 7.34. The zero-order valence-electron chi connectivity index (χ0n) is 18.5. The lowest BCUT2D eigenvalue weighted by Crippen LogP contribution is -2.27. The van der Waals surface area contributed by atoms with Crippen LogP contribution in [0.15, 0.2) is 48.0 Å². The van der Waals surface area contributed by atoms with Gasteiger partial charge in [0.25, 0.3) is 5.91 Å². The average molecular weight is 460 g/mol. The van der Waals surface area contributed by atoms with Gasteiger partial charge in [0, 0.05) is 24.4 Å². The molecule has 2 aromatic rings. The Kier molecular flexibility index (Phi) is 8.65. The lowest BCUT2D eigenvalue weighted by atomic mass is 9.96. The number of nitrogens with one attached hydrogen (secondary N) is 1. The largest absolute Gasteiger partial charge is 0.463 e. The molecular weight excluding hydrogens is 434 g/mol. The summed E-state index contributed by atoms with van der Waals surface area (Å²) in [6.07, 6.45) is 1.06. The number of amides is 1. The van der Waals surface area contributed by atoms with Crippen LogP contribution in [-0.2, 0) is 19.3 Å². The molecule has 2 aromatic carbocycles. The summed E-state index contributed by atoms with van der Waals surface area (Å²) in [6.45, 7) is 3.54. The van der Waals surface area contributed by atoms with Gasteiger partial charge in [-0.1, -0.05) is 18.2 Å². The second-order valence-corrected chi connectivity index (χ2v) is 7.34. The summed E-state index contributed by atoms with van der Waals surface area (Å²) in [7, 11) is 1.44. The molecule has 0 bridgehead atoms. The van der Waals surface area contributed by atoms with E-state index in [2.05, 4.69) is 10.2 Å². The maximum absolute atomic E-state index is 13.9. The summed E-state index contributed by atoms with van der Waals surface area (Å²) >= 11 is 0. The van der Waals surface area contributed by atoms with E-state index in [1.807, 2.05) is 4.90 Å². The Morgan fingerprint density at radius 3 is 2.33 bits per heavy atom. The van der Waals surface area contributed by atoms with Gasteiger partial charge in [-0.15, -0.1) is 0 Å². The second kappa shape index (κ2) is 11.6. The number of carbonyl (C=O) groups excluding carboxylic acids is 2. The fraction of sp³-hybridized carbons (Fsp3) is 0.333. The fourth-order valence-corrected chi connectivity index (χ4v) is 3.63. The van der Waals surface area contributed by atoms with Gasteiger partial charge in [-0.2, -0.15) is 0 Å². The van der Waals surface area contributed by atoms with Crippen molar-refractivity contribution in [2.45, 2.75) is 19.8 Å². The minimum absolute atomic E-state index is 0.268. The minimum atomic E-state index is -0.936. The Bertz CT molecular complexity index is 1000.